The molecule has 1 atom stereocenters. The molecule has 1 saturated heterocycles. The second-order valence-electron chi connectivity index (χ2n) is 4.56. The molecule has 0 amide bonds. The van der Waals surface area contributed by atoms with E-state index < -0.39 is 0 Å². The summed E-state index contributed by atoms with van der Waals surface area (Å²) in [7, 11) is 0. The molecule has 2 fully saturated rings. The maximum Gasteiger partial charge on any atom is 0.0549 e. The van der Waals surface area contributed by atoms with E-state index in [4.69, 9.17) is 0 Å². The fourth-order valence-corrected chi connectivity index (χ4v) is 2.09. The number of aliphatic hydroxyl groups is 1. The number of aliphatic hydroxyl groups excluding tert-OH is 1. The summed E-state index contributed by atoms with van der Waals surface area (Å²) >= 11 is 0. The predicted octanol–water partition coefficient (Wildman–Crippen LogP) is 1.24. The van der Waals surface area contributed by atoms with Gasteiger partial charge >= 0.3 is 0 Å². The van der Waals surface area contributed by atoms with Crippen LogP contribution in [0.25, 0.3) is 0 Å². The van der Waals surface area contributed by atoms with Crippen molar-refractivity contribution in [3.63, 3.8) is 0 Å². The van der Waals surface area contributed by atoms with Crippen molar-refractivity contribution in [2.75, 3.05) is 19.6 Å². The molecule has 2 heteroatoms. The van der Waals surface area contributed by atoms with Crippen LogP contribution in [0.3, 0.4) is 0 Å². The molecule has 2 rings (SSSR count). The number of rotatable bonds is 4. The Morgan fingerprint density at radius 1 is 1.42 bits per heavy atom. The van der Waals surface area contributed by atoms with E-state index in [2.05, 4.69) is 4.90 Å². The summed E-state index contributed by atoms with van der Waals surface area (Å²) in [6.07, 6.45) is 4.71. The van der Waals surface area contributed by atoms with Crippen molar-refractivity contribution >= 4 is 0 Å². The first-order valence-corrected chi connectivity index (χ1v) is 5.14. The molecule has 1 aliphatic carbocycles. The van der Waals surface area contributed by atoms with E-state index in [1.165, 1.54) is 25.9 Å². The van der Waals surface area contributed by atoms with Gasteiger partial charge in [-0.2, -0.15) is 0 Å². The Bertz CT molecular complexity index is 157. The van der Waals surface area contributed by atoms with Crippen molar-refractivity contribution in [1.82, 2.24) is 4.90 Å². The van der Waals surface area contributed by atoms with Gasteiger partial charge in [-0.3, -0.25) is 0 Å². The molecule has 0 aromatic rings. The summed E-state index contributed by atoms with van der Waals surface area (Å²) in [6, 6.07) is 0. The molecule has 1 spiro atoms. The predicted molar refractivity (Wildman–Crippen MR) is 49.0 cm³/mol. The van der Waals surface area contributed by atoms with Gasteiger partial charge in [-0.1, -0.05) is 6.92 Å². The van der Waals surface area contributed by atoms with Crippen molar-refractivity contribution in [3.8, 4) is 0 Å². The van der Waals surface area contributed by atoms with Crippen LogP contribution < -0.4 is 0 Å². The lowest BCUT2D eigenvalue weighted by Gasteiger charge is -2.40. The summed E-state index contributed by atoms with van der Waals surface area (Å²) in [5, 5.41) is 9.35. The van der Waals surface area contributed by atoms with Crippen molar-refractivity contribution in [1.29, 1.82) is 0 Å². The van der Waals surface area contributed by atoms with E-state index in [0.717, 1.165) is 24.8 Å². The average Bonchev–Trinajstić information content (AvgIpc) is 2.77. The maximum absolute atomic E-state index is 9.35. The summed E-state index contributed by atoms with van der Waals surface area (Å²) < 4.78 is 0. The second-order valence-corrected chi connectivity index (χ2v) is 4.56. The highest BCUT2D eigenvalue weighted by atomic mass is 16.3. The Labute approximate surface area is 74.6 Å². The fourth-order valence-electron chi connectivity index (χ4n) is 2.09. The Morgan fingerprint density at radius 3 is 2.58 bits per heavy atom. The van der Waals surface area contributed by atoms with E-state index in [0.29, 0.717) is 0 Å². The van der Waals surface area contributed by atoms with Gasteiger partial charge in [0, 0.05) is 19.6 Å². The van der Waals surface area contributed by atoms with Crippen LogP contribution in [0.15, 0.2) is 0 Å². The smallest absolute Gasteiger partial charge is 0.0549 e. The summed E-state index contributed by atoms with van der Waals surface area (Å²) in [4.78, 5) is 2.48. The third-order valence-electron chi connectivity index (χ3n) is 3.32. The van der Waals surface area contributed by atoms with Gasteiger partial charge in [0.15, 0.2) is 0 Å². The maximum atomic E-state index is 9.35. The zero-order valence-electron chi connectivity index (χ0n) is 7.92. The second kappa shape index (κ2) is 3.00. The molecule has 70 valence electrons. The van der Waals surface area contributed by atoms with Gasteiger partial charge < -0.3 is 10.0 Å². The fraction of sp³-hybridized carbons (Fsp3) is 1.00. The zero-order valence-corrected chi connectivity index (χ0v) is 7.92. The molecule has 1 aliphatic heterocycles. The quantitative estimate of drug-likeness (QED) is 0.684. The molecular weight excluding hydrogens is 150 g/mol. The van der Waals surface area contributed by atoms with Gasteiger partial charge in [0.1, 0.15) is 0 Å². The molecule has 0 aromatic carbocycles. The van der Waals surface area contributed by atoms with Crippen LogP contribution in [-0.2, 0) is 0 Å². The standard InChI is InChI=1S/C10H19NO/c1-2-9(12)3-6-11-7-10(8-11)4-5-10/h9,12H,2-8H2,1H3. The van der Waals surface area contributed by atoms with Gasteiger partial charge in [-0.05, 0) is 31.1 Å². The highest BCUT2D eigenvalue weighted by molar-refractivity contribution is 5.04. The van der Waals surface area contributed by atoms with Crippen LogP contribution in [0.2, 0.25) is 0 Å². The third kappa shape index (κ3) is 1.64. The van der Waals surface area contributed by atoms with Crippen LogP contribution in [0.4, 0.5) is 0 Å². The molecule has 1 N–H and O–H groups in total. The minimum atomic E-state index is -0.0687. The molecular formula is C10H19NO. The Morgan fingerprint density at radius 2 is 2.08 bits per heavy atom. The Kier molecular flexibility index (Phi) is 2.13. The molecule has 12 heavy (non-hydrogen) atoms. The largest absolute Gasteiger partial charge is 0.393 e. The topological polar surface area (TPSA) is 23.5 Å². The highest BCUT2D eigenvalue weighted by Gasteiger charge is 2.51. The zero-order chi connectivity index (χ0) is 8.60. The molecule has 1 unspecified atom stereocenters. The van der Waals surface area contributed by atoms with Gasteiger partial charge in [-0.25, -0.2) is 0 Å². The lowest BCUT2D eigenvalue weighted by atomic mass is 9.96. The Hall–Kier alpha value is -0.0800. The molecule has 0 bridgehead atoms. The minimum Gasteiger partial charge on any atom is -0.393 e. The van der Waals surface area contributed by atoms with E-state index >= 15 is 0 Å². The SMILES string of the molecule is CCC(O)CCN1CC2(CC2)C1. The lowest BCUT2D eigenvalue weighted by Crippen LogP contribution is -2.49. The van der Waals surface area contributed by atoms with Crippen LogP contribution in [-0.4, -0.2) is 35.7 Å². The van der Waals surface area contributed by atoms with Gasteiger partial charge in [0.25, 0.3) is 0 Å². The van der Waals surface area contributed by atoms with Crippen LogP contribution >= 0.6 is 0 Å². The van der Waals surface area contributed by atoms with Crippen molar-refractivity contribution in [2.24, 2.45) is 5.41 Å². The van der Waals surface area contributed by atoms with Gasteiger partial charge in [0.2, 0.25) is 0 Å². The minimum absolute atomic E-state index is 0.0687. The molecule has 0 aromatic heterocycles. The first kappa shape index (κ1) is 8.52. The number of hydrogen-bond donors (Lipinski definition) is 1. The van der Waals surface area contributed by atoms with Crippen molar-refractivity contribution in [3.05, 3.63) is 0 Å². The molecule has 2 nitrogen and oxygen atoms in total. The Balaban J connectivity index is 1.57. The number of nitrogens with zero attached hydrogens (tertiary/aromatic N) is 1. The average molecular weight is 169 g/mol. The van der Waals surface area contributed by atoms with Gasteiger partial charge in [-0.15, -0.1) is 0 Å². The van der Waals surface area contributed by atoms with Crippen LogP contribution in [0.5, 0.6) is 0 Å². The highest BCUT2D eigenvalue weighted by Crippen LogP contribution is 2.52. The van der Waals surface area contributed by atoms with Crippen molar-refractivity contribution < 1.29 is 5.11 Å². The molecule has 1 heterocycles. The van der Waals surface area contributed by atoms with Crippen LogP contribution in [0.1, 0.15) is 32.6 Å². The first-order chi connectivity index (χ1) is 5.74. The summed E-state index contributed by atoms with van der Waals surface area (Å²) in [6.45, 7) is 5.77. The molecule has 1 saturated carbocycles. The lowest BCUT2D eigenvalue weighted by molar-refractivity contribution is 0.0582. The molecule has 0 radical (unpaired) electrons. The number of hydrogen-bond acceptors (Lipinski definition) is 2. The monoisotopic (exact) mass is 169 g/mol. The third-order valence-corrected chi connectivity index (χ3v) is 3.32. The molecule has 2 aliphatic rings. The first-order valence-electron chi connectivity index (χ1n) is 5.14. The van der Waals surface area contributed by atoms with Gasteiger partial charge in [0.05, 0.1) is 6.10 Å². The van der Waals surface area contributed by atoms with Crippen molar-refractivity contribution in [2.45, 2.75) is 38.7 Å². The summed E-state index contributed by atoms with van der Waals surface area (Å²) in [5.74, 6) is 0. The van der Waals surface area contributed by atoms with E-state index in [1.54, 1.807) is 0 Å². The van der Waals surface area contributed by atoms with E-state index in [9.17, 15) is 5.11 Å². The number of likely N-dealkylation sites (tertiary alicyclic amines) is 1. The normalized spacial score (nSPS) is 28.5. The summed E-state index contributed by atoms with van der Waals surface area (Å²) in [5.41, 5.74) is 0.775. The van der Waals surface area contributed by atoms with Crippen LogP contribution in [0, 0.1) is 5.41 Å². The van der Waals surface area contributed by atoms with E-state index in [1.807, 2.05) is 6.92 Å². The van der Waals surface area contributed by atoms with E-state index in [-0.39, 0.29) is 6.10 Å².